The molecule has 286 valence electrons. The van der Waals surface area contributed by atoms with Gasteiger partial charge < -0.3 is 28.6 Å². The van der Waals surface area contributed by atoms with Gasteiger partial charge in [0.1, 0.15) is 23.7 Å². The number of nitrogens with one attached hydrogen (secondary N) is 3. The molecule has 0 saturated carbocycles. The number of carbonyl (C=O) groups excluding carboxylic acids is 3. The van der Waals surface area contributed by atoms with Crippen LogP contribution in [-0.2, 0) is 32.0 Å². The number of hydrogen-bond acceptors (Lipinski definition) is 8. The molecule has 1 aliphatic heterocycles. The van der Waals surface area contributed by atoms with Crippen LogP contribution in [0.5, 0.6) is 5.75 Å². The van der Waals surface area contributed by atoms with E-state index in [1.807, 2.05) is 6.07 Å². The maximum absolute atomic E-state index is 12.6. The van der Waals surface area contributed by atoms with Gasteiger partial charge in [0, 0.05) is 40.6 Å². The van der Waals surface area contributed by atoms with Crippen LogP contribution in [0.1, 0.15) is 87.6 Å². The Bertz CT molecular complexity index is 1670. The van der Waals surface area contributed by atoms with Crippen molar-refractivity contribution in [2.24, 2.45) is 5.92 Å². The van der Waals surface area contributed by atoms with E-state index in [2.05, 4.69) is 122 Å². The number of aromatic nitrogens is 1. The average molecular weight is 800 g/mol. The van der Waals surface area contributed by atoms with E-state index in [0.717, 1.165) is 63.5 Å². The van der Waals surface area contributed by atoms with Crippen LogP contribution >= 0.6 is 15.9 Å². The van der Waals surface area contributed by atoms with E-state index in [1.165, 1.54) is 0 Å². The van der Waals surface area contributed by atoms with E-state index >= 15 is 0 Å². The number of benzene rings is 2. The van der Waals surface area contributed by atoms with E-state index in [4.69, 9.17) is 13.9 Å². The third-order valence-electron chi connectivity index (χ3n) is 9.83. The summed E-state index contributed by atoms with van der Waals surface area (Å²) in [6, 6.07) is 11.5. The number of hydrazine groups is 1. The van der Waals surface area contributed by atoms with E-state index in [0.29, 0.717) is 29.8 Å². The fourth-order valence-electron chi connectivity index (χ4n) is 7.54. The van der Waals surface area contributed by atoms with Gasteiger partial charge in [-0.05, 0) is 107 Å². The lowest BCUT2D eigenvalue weighted by Gasteiger charge is -2.42. The number of halogens is 1. The molecule has 12 heteroatoms. The van der Waals surface area contributed by atoms with Gasteiger partial charge in [-0.1, -0.05) is 66.7 Å². The lowest BCUT2D eigenvalue weighted by Crippen LogP contribution is -2.50. The van der Waals surface area contributed by atoms with E-state index < -0.39 is 26.1 Å². The van der Waals surface area contributed by atoms with Crippen molar-refractivity contribution < 1.29 is 28.3 Å². The molecule has 4 rings (SSSR count). The summed E-state index contributed by atoms with van der Waals surface area (Å²) < 4.78 is 21.5. The molecule has 52 heavy (non-hydrogen) atoms. The Morgan fingerprint density at radius 1 is 1.02 bits per heavy atom. The SMILES string of the molecule is CC(C)[Si](Oc1cc(C[C@@H](C=O)NC(=O)OC(C)(C)C)cc(-c2ccc3c(Br)cn(C[C@H](C)COC(=O)C4CCCNN4)c3c2)c1)(C(C)C)C(C)C. The number of rotatable bonds is 15. The van der Waals surface area contributed by atoms with Gasteiger partial charge in [-0.25, -0.2) is 10.2 Å². The minimum atomic E-state index is -2.32. The van der Waals surface area contributed by atoms with Crippen LogP contribution in [0.4, 0.5) is 4.79 Å². The first-order chi connectivity index (χ1) is 24.4. The van der Waals surface area contributed by atoms with E-state index in [1.54, 1.807) is 20.8 Å². The molecule has 1 unspecified atom stereocenters. The van der Waals surface area contributed by atoms with Crippen molar-refractivity contribution in [2.45, 2.75) is 129 Å². The average Bonchev–Trinajstić information content (AvgIpc) is 3.38. The normalized spacial score (nSPS) is 16.6. The molecule has 3 aromatic rings. The minimum Gasteiger partial charge on any atom is -0.543 e. The van der Waals surface area contributed by atoms with Crippen molar-refractivity contribution in [2.75, 3.05) is 13.2 Å². The molecule has 10 nitrogen and oxygen atoms in total. The van der Waals surface area contributed by atoms with Crippen molar-refractivity contribution >= 4 is 53.5 Å². The molecule has 1 fully saturated rings. The zero-order valence-corrected chi connectivity index (χ0v) is 35.2. The summed E-state index contributed by atoms with van der Waals surface area (Å²) in [6.07, 6.45) is 4.17. The quantitative estimate of drug-likeness (QED) is 0.0794. The fourth-order valence-corrected chi connectivity index (χ4v) is 13.4. The van der Waals surface area contributed by atoms with E-state index in [-0.39, 0.29) is 24.3 Å². The standard InChI is InChI=1S/C40H59BrN4O6Si/c1-25(2)52(26(3)4,27(5)6)51-33-18-29(17-32(23-46)43-39(48)50-40(8,9)10)16-31(19-33)30-13-14-34-35(41)22-45(37(34)20-30)21-28(7)24-49-38(47)36-12-11-15-42-44-36/h13-14,16,18-20,22-23,25-28,32,36,42,44H,11-12,15,17,21,24H2,1-10H3,(H,43,48)/t28-,32-,36?/m0/s1. The summed E-state index contributed by atoms with van der Waals surface area (Å²) in [5, 5.41) is 3.81. The second-order valence-electron chi connectivity index (χ2n) is 16.2. The molecule has 0 bridgehead atoms. The monoisotopic (exact) mass is 798 g/mol. The van der Waals surface area contributed by atoms with Crippen molar-refractivity contribution in [3.05, 3.63) is 52.6 Å². The number of aldehydes is 1. The number of ether oxygens (including phenoxy) is 2. The molecule has 3 N–H and O–H groups in total. The van der Waals surface area contributed by atoms with Gasteiger partial charge in [-0.2, -0.15) is 0 Å². The first kappa shape index (κ1) is 41.6. The van der Waals surface area contributed by atoms with Crippen LogP contribution < -0.4 is 20.6 Å². The van der Waals surface area contributed by atoms with Crippen LogP contribution in [0, 0.1) is 5.92 Å². The second kappa shape index (κ2) is 17.8. The Kier molecular flexibility index (Phi) is 14.2. The molecule has 2 aromatic carbocycles. The first-order valence-electron chi connectivity index (χ1n) is 18.6. The smallest absolute Gasteiger partial charge is 0.408 e. The Labute approximate surface area is 319 Å². The molecule has 1 aliphatic rings. The van der Waals surface area contributed by atoms with Crippen LogP contribution in [-0.4, -0.2) is 62.1 Å². The van der Waals surface area contributed by atoms with Gasteiger partial charge in [0.05, 0.1) is 12.6 Å². The van der Waals surface area contributed by atoms with Crippen molar-refractivity contribution in [3.8, 4) is 16.9 Å². The third kappa shape index (κ3) is 10.5. The van der Waals surface area contributed by atoms with Crippen LogP contribution in [0.3, 0.4) is 0 Å². The highest BCUT2D eigenvalue weighted by Gasteiger charge is 2.47. The zero-order chi connectivity index (χ0) is 38.4. The predicted octanol–water partition coefficient (Wildman–Crippen LogP) is 8.70. The molecule has 3 atom stereocenters. The zero-order valence-electron chi connectivity index (χ0n) is 32.6. The molecule has 0 radical (unpaired) electrons. The summed E-state index contributed by atoms with van der Waals surface area (Å²) in [7, 11) is -2.32. The summed E-state index contributed by atoms with van der Waals surface area (Å²) in [5.41, 5.74) is 10.3. The number of fused-ring (bicyclic) bond motifs is 1. The lowest BCUT2D eigenvalue weighted by molar-refractivity contribution is -0.148. The number of carbonyl (C=O) groups is 3. The molecule has 1 saturated heterocycles. The number of hydrogen-bond donors (Lipinski definition) is 3. The van der Waals surface area contributed by atoms with Crippen molar-refractivity contribution in [1.82, 2.24) is 20.7 Å². The van der Waals surface area contributed by atoms with Gasteiger partial charge in [-0.3, -0.25) is 10.2 Å². The predicted molar refractivity (Wildman–Crippen MR) is 214 cm³/mol. The van der Waals surface area contributed by atoms with Gasteiger partial charge >= 0.3 is 12.1 Å². The Balaban J connectivity index is 1.69. The maximum atomic E-state index is 12.6. The van der Waals surface area contributed by atoms with Crippen LogP contribution in [0.15, 0.2) is 47.1 Å². The maximum Gasteiger partial charge on any atom is 0.408 e. The molecule has 0 aliphatic carbocycles. The molecule has 0 spiro atoms. The van der Waals surface area contributed by atoms with Gasteiger partial charge in [-0.15, -0.1) is 0 Å². The topological polar surface area (TPSA) is 120 Å². The number of esters is 1. The molecule has 1 aromatic heterocycles. The Morgan fingerprint density at radius 2 is 1.71 bits per heavy atom. The van der Waals surface area contributed by atoms with Gasteiger partial charge in [0.25, 0.3) is 8.32 Å². The van der Waals surface area contributed by atoms with Crippen molar-refractivity contribution in [3.63, 3.8) is 0 Å². The van der Waals surface area contributed by atoms with E-state index in [9.17, 15) is 14.4 Å². The molecular weight excluding hydrogens is 740 g/mol. The Hall–Kier alpha value is -3.19. The van der Waals surface area contributed by atoms with Crippen LogP contribution in [0.2, 0.25) is 16.6 Å². The fraction of sp³-hybridized carbons (Fsp3) is 0.575. The highest BCUT2D eigenvalue weighted by Crippen LogP contribution is 2.44. The molecule has 2 heterocycles. The van der Waals surface area contributed by atoms with Crippen LogP contribution in [0.25, 0.3) is 22.0 Å². The Morgan fingerprint density at radius 3 is 2.31 bits per heavy atom. The largest absolute Gasteiger partial charge is 0.543 e. The summed E-state index contributed by atoms with van der Waals surface area (Å²) >= 11 is 3.76. The van der Waals surface area contributed by atoms with Crippen molar-refractivity contribution in [1.29, 1.82) is 0 Å². The lowest BCUT2D eigenvalue weighted by atomic mass is 9.98. The summed E-state index contributed by atoms with van der Waals surface area (Å²) in [6.45, 7) is 22.8. The highest BCUT2D eigenvalue weighted by atomic mass is 79.9. The number of nitrogens with zero attached hydrogens (tertiary/aromatic N) is 1. The third-order valence-corrected chi connectivity index (χ3v) is 16.5. The highest BCUT2D eigenvalue weighted by molar-refractivity contribution is 9.10. The molecular formula is C40H59BrN4O6Si. The second-order valence-corrected chi connectivity index (χ2v) is 22.5. The summed E-state index contributed by atoms with van der Waals surface area (Å²) in [5.74, 6) is 0.622. The number of alkyl carbamates (subject to hydrolysis) is 1. The van der Waals surface area contributed by atoms with Gasteiger partial charge in [0.15, 0.2) is 0 Å². The number of amides is 1. The summed E-state index contributed by atoms with van der Waals surface area (Å²) in [4.78, 5) is 37.5. The van der Waals surface area contributed by atoms with Gasteiger partial charge in [0.2, 0.25) is 0 Å². The minimum absolute atomic E-state index is 0.0777. The first-order valence-corrected chi connectivity index (χ1v) is 21.6. The molecule has 1 amide bonds.